The van der Waals surface area contributed by atoms with Crippen molar-refractivity contribution in [1.82, 2.24) is 9.88 Å². The summed E-state index contributed by atoms with van der Waals surface area (Å²) in [5.74, 6) is -1.23. The predicted octanol–water partition coefficient (Wildman–Crippen LogP) is 2.86. The first-order valence-corrected chi connectivity index (χ1v) is 10.0. The van der Waals surface area contributed by atoms with Crippen molar-refractivity contribution in [3.63, 3.8) is 0 Å². The standard InChI is InChI=1S/C22H21ClN4O3/c1-14-13-26(10-11-27(14)18-6-3-16(23)4-7-18)22(30)21(29)24-17-5-8-19-15(12-17)2-9-20(28)25-19/h2-9,12,14H,10-11,13H2,1H3,(H,24,29)(H,25,28)/t14-/m1/s1. The molecule has 8 heteroatoms. The highest BCUT2D eigenvalue weighted by atomic mass is 35.5. The Kier molecular flexibility index (Phi) is 5.46. The van der Waals surface area contributed by atoms with E-state index in [0.717, 1.165) is 11.1 Å². The fourth-order valence-corrected chi connectivity index (χ4v) is 3.84. The SMILES string of the molecule is C[C@@H]1CN(C(=O)C(=O)Nc2ccc3[nH]c(=O)ccc3c2)CCN1c1ccc(Cl)cc1. The number of H-pyrrole nitrogens is 1. The van der Waals surface area contributed by atoms with E-state index in [0.29, 0.717) is 35.9 Å². The van der Waals surface area contributed by atoms with Gasteiger partial charge in [0.25, 0.3) is 0 Å². The van der Waals surface area contributed by atoms with E-state index in [1.165, 1.54) is 6.07 Å². The second-order valence-corrected chi connectivity index (χ2v) is 7.79. The Bertz CT molecular complexity index is 1160. The zero-order valence-corrected chi connectivity index (χ0v) is 17.1. The zero-order chi connectivity index (χ0) is 21.3. The number of aromatic amines is 1. The van der Waals surface area contributed by atoms with Gasteiger partial charge in [-0.25, -0.2) is 0 Å². The van der Waals surface area contributed by atoms with Gasteiger partial charge in [-0.05, 0) is 55.5 Å². The number of nitrogens with one attached hydrogen (secondary N) is 2. The molecule has 1 fully saturated rings. The molecule has 7 nitrogen and oxygen atoms in total. The molecule has 1 aliphatic rings. The van der Waals surface area contributed by atoms with Crippen LogP contribution in [0.5, 0.6) is 0 Å². The number of aromatic nitrogens is 1. The minimum absolute atomic E-state index is 0.0640. The Balaban J connectivity index is 1.41. The summed E-state index contributed by atoms with van der Waals surface area (Å²) in [6, 6.07) is 15.8. The van der Waals surface area contributed by atoms with Crippen molar-refractivity contribution >= 4 is 45.7 Å². The number of pyridine rings is 1. The van der Waals surface area contributed by atoms with Crippen LogP contribution in [0.2, 0.25) is 5.02 Å². The molecule has 0 unspecified atom stereocenters. The third kappa shape index (κ3) is 4.16. The number of halogens is 1. The molecular formula is C22H21ClN4O3. The van der Waals surface area contributed by atoms with Crippen LogP contribution in [0.15, 0.2) is 59.4 Å². The number of anilines is 2. The molecule has 4 rings (SSSR count). The third-order valence-electron chi connectivity index (χ3n) is 5.25. The topological polar surface area (TPSA) is 85.5 Å². The normalized spacial score (nSPS) is 16.5. The second kappa shape index (κ2) is 8.20. The van der Waals surface area contributed by atoms with Crippen LogP contribution in [0.4, 0.5) is 11.4 Å². The van der Waals surface area contributed by atoms with E-state index < -0.39 is 11.8 Å². The number of carbonyl (C=O) groups excluding carboxylic acids is 2. The number of hydrogen-bond donors (Lipinski definition) is 2. The average molecular weight is 425 g/mol. The number of rotatable bonds is 2. The summed E-state index contributed by atoms with van der Waals surface area (Å²) in [6.45, 7) is 3.56. The molecule has 1 aromatic heterocycles. The number of benzene rings is 2. The van der Waals surface area contributed by atoms with Gasteiger partial charge in [-0.2, -0.15) is 0 Å². The number of nitrogens with zero attached hydrogens (tertiary/aromatic N) is 2. The van der Waals surface area contributed by atoms with Crippen molar-refractivity contribution < 1.29 is 9.59 Å². The van der Waals surface area contributed by atoms with Crippen LogP contribution in [0, 0.1) is 0 Å². The average Bonchev–Trinajstić information content (AvgIpc) is 2.74. The summed E-state index contributed by atoms with van der Waals surface area (Å²) < 4.78 is 0. The molecule has 0 radical (unpaired) electrons. The van der Waals surface area contributed by atoms with Gasteiger partial charge in [0.1, 0.15) is 0 Å². The maximum absolute atomic E-state index is 12.7. The Labute approximate surface area is 178 Å². The van der Waals surface area contributed by atoms with Crippen molar-refractivity contribution in [2.45, 2.75) is 13.0 Å². The van der Waals surface area contributed by atoms with Crippen LogP contribution in [0.25, 0.3) is 10.9 Å². The number of carbonyl (C=O) groups is 2. The summed E-state index contributed by atoms with van der Waals surface area (Å²) in [5.41, 5.74) is 2.01. The molecule has 30 heavy (non-hydrogen) atoms. The highest BCUT2D eigenvalue weighted by Gasteiger charge is 2.30. The van der Waals surface area contributed by atoms with Gasteiger partial charge in [-0.3, -0.25) is 14.4 Å². The monoisotopic (exact) mass is 424 g/mol. The van der Waals surface area contributed by atoms with Gasteiger partial charge in [0.15, 0.2) is 0 Å². The molecule has 2 aromatic carbocycles. The van der Waals surface area contributed by atoms with E-state index in [9.17, 15) is 14.4 Å². The minimum Gasteiger partial charge on any atom is -0.365 e. The summed E-state index contributed by atoms with van der Waals surface area (Å²) >= 11 is 5.96. The van der Waals surface area contributed by atoms with Crippen molar-refractivity contribution in [2.24, 2.45) is 0 Å². The van der Waals surface area contributed by atoms with E-state index in [1.54, 1.807) is 29.2 Å². The molecule has 1 aliphatic heterocycles. The molecule has 0 spiro atoms. The molecule has 0 saturated carbocycles. The molecule has 1 saturated heterocycles. The Morgan fingerprint density at radius 1 is 1.07 bits per heavy atom. The summed E-state index contributed by atoms with van der Waals surface area (Å²) in [5, 5.41) is 4.11. The van der Waals surface area contributed by atoms with Gasteiger partial charge in [0.05, 0.1) is 0 Å². The fourth-order valence-electron chi connectivity index (χ4n) is 3.72. The maximum atomic E-state index is 12.7. The summed E-state index contributed by atoms with van der Waals surface area (Å²) in [6.07, 6.45) is 0. The number of amides is 2. The van der Waals surface area contributed by atoms with Crippen LogP contribution in [0.1, 0.15) is 6.92 Å². The Morgan fingerprint density at radius 3 is 2.57 bits per heavy atom. The van der Waals surface area contributed by atoms with Crippen LogP contribution in [-0.4, -0.2) is 47.4 Å². The van der Waals surface area contributed by atoms with Crippen molar-refractivity contribution in [3.8, 4) is 0 Å². The Hall–Kier alpha value is -3.32. The third-order valence-corrected chi connectivity index (χ3v) is 5.50. The molecule has 2 amide bonds. The molecule has 0 bridgehead atoms. The van der Waals surface area contributed by atoms with Crippen molar-refractivity contribution in [2.75, 3.05) is 29.9 Å². The first kappa shape index (κ1) is 20.0. The van der Waals surface area contributed by atoms with Crippen LogP contribution >= 0.6 is 11.6 Å². The quantitative estimate of drug-likeness (QED) is 0.619. The van der Waals surface area contributed by atoms with E-state index >= 15 is 0 Å². The molecule has 0 aliphatic carbocycles. The van der Waals surface area contributed by atoms with Crippen molar-refractivity contribution in [1.29, 1.82) is 0 Å². The lowest BCUT2D eigenvalue weighted by Crippen LogP contribution is -2.55. The van der Waals surface area contributed by atoms with E-state index in [1.807, 2.05) is 31.2 Å². The Morgan fingerprint density at radius 2 is 1.83 bits per heavy atom. The molecule has 3 aromatic rings. The van der Waals surface area contributed by atoms with Crippen LogP contribution < -0.4 is 15.8 Å². The van der Waals surface area contributed by atoms with Gasteiger partial charge in [0, 0.05) is 59.0 Å². The highest BCUT2D eigenvalue weighted by Crippen LogP contribution is 2.23. The van der Waals surface area contributed by atoms with Crippen LogP contribution in [-0.2, 0) is 9.59 Å². The van der Waals surface area contributed by atoms with Gasteiger partial charge in [0.2, 0.25) is 5.56 Å². The lowest BCUT2D eigenvalue weighted by molar-refractivity contribution is -0.143. The smallest absolute Gasteiger partial charge is 0.313 e. The van der Waals surface area contributed by atoms with Crippen molar-refractivity contribution in [3.05, 3.63) is 70.0 Å². The molecule has 154 valence electrons. The lowest BCUT2D eigenvalue weighted by Gasteiger charge is -2.41. The summed E-state index contributed by atoms with van der Waals surface area (Å²) in [7, 11) is 0. The molecule has 2 N–H and O–H groups in total. The largest absolute Gasteiger partial charge is 0.365 e. The second-order valence-electron chi connectivity index (χ2n) is 7.35. The maximum Gasteiger partial charge on any atom is 0.313 e. The molecule has 1 atom stereocenters. The number of hydrogen-bond acceptors (Lipinski definition) is 4. The molecule has 2 heterocycles. The first-order valence-electron chi connectivity index (χ1n) is 9.66. The highest BCUT2D eigenvalue weighted by molar-refractivity contribution is 6.39. The zero-order valence-electron chi connectivity index (χ0n) is 16.4. The first-order chi connectivity index (χ1) is 14.4. The van der Waals surface area contributed by atoms with Gasteiger partial charge in [-0.1, -0.05) is 11.6 Å². The van der Waals surface area contributed by atoms with E-state index in [-0.39, 0.29) is 11.6 Å². The van der Waals surface area contributed by atoms with E-state index in [2.05, 4.69) is 15.2 Å². The summed E-state index contributed by atoms with van der Waals surface area (Å²) in [4.78, 5) is 43.1. The number of piperazine rings is 1. The van der Waals surface area contributed by atoms with Gasteiger partial charge < -0.3 is 20.1 Å². The predicted molar refractivity (Wildman–Crippen MR) is 118 cm³/mol. The lowest BCUT2D eigenvalue weighted by atomic mass is 10.1. The number of fused-ring (bicyclic) bond motifs is 1. The fraction of sp³-hybridized carbons (Fsp3) is 0.227. The van der Waals surface area contributed by atoms with Gasteiger partial charge in [-0.15, -0.1) is 0 Å². The molecular weight excluding hydrogens is 404 g/mol. The van der Waals surface area contributed by atoms with Gasteiger partial charge >= 0.3 is 11.8 Å². The van der Waals surface area contributed by atoms with E-state index in [4.69, 9.17) is 11.6 Å². The minimum atomic E-state index is -0.675. The van der Waals surface area contributed by atoms with Crippen LogP contribution in [0.3, 0.4) is 0 Å².